The molecule has 0 aliphatic heterocycles. The third kappa shape index (κ3) is 5.39. The van der Waals surface area contributed by atoms with Crippen LogP contribution < -0.4 is 11.1 Å². The summed E-state index contributed by atoms with van der Waals surface area (Å²) >= 11 is 0. The highest BCUT2D eigenvalue weighted by Gasteiger charge is 2.21. The third-order valence-electron chi connectivity index (χ3n) is 5.78. The number of amides is 2. The highest BCUT2D eigenvalue weighted by molar-refractivity contribution is 6.00. The Hall–Kier alpha value is -4.44. The fraction of sp³-hybridized carbons (Fsp3) is 0.214. The molecule has 0 unspecified atom stereocenters. The van der Waals surface area contributed by atoms with E-state index in [-0.39, 0.29) is 5.91 Å². The van der Waals surface area contributed by atoms with Crippen LogP contribution in [0, 0.1) is 16.7 Å². The predicted octanol–water partition coefficient (Wildman–Crippen LogP) is 4.45. The average Bonchev–Trinajstić information content (AvgIpc) is 3.23. The molecule has 0 radical (unpaired) electrons. The number of imidazole rings is 1. The molecular formula is C28H27N5O2. The minimum absolute atomic E-state index is 0.0623. The number of H-pyrrole nitrogens is 1. The van der Waals surface area contributed by atoms with Crippen molar-refractivity contribution in [3.63, 3.8) is 0 Å². The zero-order chi connectivity index (χ0) is 25.2. The Morgan fingerprint density at radius 1 is 1.03 bits per heavy atom. The lowest BCUT2D eigenvalue weighted by Crippen LogP contribution is -2.34. The van der Waals surface area contributed by atoms with Crippen LogP contribution in [0.5, 0.6) is 0 Å². The Morgan fingerprint density at radius 2 is 1.74 bits per heavy atom. The van der Waals surface area contributed by atoms with Crippen molar-refractivity contribution in [3.05, 3.63) is 88.7 Å². The number of fused-ring (bicyclic) bond motifs is 1. The number of aromatic amines is 1. The summed E-state index contributed by atoms with van der Waals surface area (Å²) in [6.45, 7) is 5.87. The van der Waals surface area contributed by atoms with Gasteiger partial charge in [-0.05, 0) is 46.5 Å². The number of rotatable bonds is 6. The first-order chi connectivity index (χ1) is 16.6. The highest BCUT2D eigenvalue weighted by Crippen LogP contribution is 2.26. The first-order valence-corrected chi connectivity index (χ1v) is 11.3. The summed E-state index contributed by atoms with van der Waals surface area (Å²) in [6.07, 6.45) is 0.603. The van der Waals surface area contributed by atoms with Crippen molar-refractivity contribution in [2.75, 3.05) is 0 Å². The fourth-order valence-electron chi connectivity index (χ4n) is 3.81. The number of carbonyl (C=O) groups is 2. The molecule has 1 heterocycles. The molecule has 0 bridgehead atoms. The van der Waals surface area contributed by atoms with Crippen LogP contribution in [0.15, 0.2) is 60.7 Å². The minimum Gasteiger partial charge on any atom is -0.366 e. The van der Waals surface area contributed by atoms with Gasteiger partial charge in [0.1, 0.15) is 5.82 Å². The second-order valence-electron chi connectivity index (χ2n) is 9.58. The van der Waals surface area contributed by atoms with Crippen molar-refractivity contribution >= 4 is 22.8 Å². The number of nitrogens with zero attached hydrogens (tertiary/aromatic N) is 2. The van der Waals surface area contributed by atoms with E-state index < -0.39 is 11.3 Å². The summed E-state index contributed by atoms with van der Waals surface area (Å²) in [6, 6.07) is 20.9. The van der Waals surface area contributed by atoms with Crippen LogP contribution in [0.2, 0.25) is 0 Å². The van der Waals surface area contributed by atoms with Gasteiger partial charge in [0, 0.05) is 23.9 Å². The Morgan fingerprint density at radius 3 is 2.40 bits per heavy atom. The van der Waals surface area contributed by atoms with Crippen molar-refractivity contribution in [2.24, 2.45) is 11.1 Å². The zero-order valence-electron chi connectivity index (χ0n) is 20.0. The van der Waals surface area contributed by atoms with Crippen molar-refractivity contribution in [1.29, 1.82) is 5.26 Å². The van der Waals surface area contributed by atoms with Gasteiger partial charge in [-0.1, -0.05) is 57.2 Å². The molecule has 176 valence electrons. The fourth-order valence-corrected chi connectivity index (χ4v) is 3.81. The van der Waals surface area contributed by atoms with Crippen molar-refractivity contribution in [2.45, 2.75) is 33.7 Å². The number of nitriles is 1. The molecule has 4 rings (SSSR count). The summed E-state index contributed by atoms with van der Waals surface area (Å²) < 4.78 is 0. The van der Waals surface area contributed by atoms with Crippen LogP contribution in [0.4, 0.5) is 0 Å². The molecule has 3 aromatic carbocycles. The van der Waals surface area contributed by atoms with E-state index >= 15 is 0 Å². The molecule has 0 saturated carbocycles. The summed E-state index contributed by atoms with van der Waals surface area (Å²) in [5.41, 5.74) is 11.3. The minimum atomic E-state index is -0.521. The maximum absolute atomic E-state index is 12.2. The first kappa shape index (κ1) is 23.7. The van der Waals surface area contributed by atoms with Crippen LogP contribution >= 0.6 is 0 Å². The van der Waals surface area contributed by atoms with Crippen LogP contribution in [0.3, 0.4) is 0 Å². The van der Waals surface area contributed by atoms with Gasteiger partial charge in [0.05, 0.1) is 22.7 Å². The largest absolute Gasteiger partial charge is 0.366 e. The second-order valence-corrected chi connectivity index (χ2v) is 9.58. The molecule has 1 aromatic heterocycles. The van der Waals surface area contributed by atoms with E-state index in [2.05, 4.69) is 21.4 Å². The number of primary amides is 1. The Labute approximate surface area is 204 Å². The van der Waals surface area contributed by atoms with E-state index in [4.69, 9.17) is 11.0 Å². The number of nitrogens with two attached hydrogens (primary N) is 1. The summed E-state index contributed by atoms with van der Waals surface area (Å²) in [7, 11) is 0. The molecule has 2 amide bonds. The van der Waals surface area contributed by atoms with Gasteiger partial charge in [-0.3, -0.25) is 9.59 Å². The van der Waals surface area contributed by atoms with Gasteiger partial charge >= 0.3 is 0 Å². The third-order valence-corrected chi connectivity index (χ3v) is 5.78. The molecule has 4 N–H and O–H groups in total. The second kappa shape index (κ2) is 9.43. The molecule has 7 nitrogen and oxygen atoms in total. The predicted molar refractivity (Wildman–Crippen MR) is 135 cm³/mol. The maximum Gasteiger partial charge on any atom is 0.249 e. The van der Waals surface area contributed by atoms with Gasteiger partial charge in [0.25, 0.3) is 0 Å². The monoisotopic (exact) mass is 465 g/mol. The average molecular weight is 466 g/mol. The molecule has 0 saturated heterocycles. The summed E-state index contributed by atoms with van der Waals surface area (Å²) in [4.78, 5) is 32.2. The topological polar surface area (TPSA) is 125 Å². The van der Waals surface area contributed by atoms with E-state index in [0.29, 0.717) is 24.1 Å². The number of hydrogen-bond acceptors (Lipinski definition) is 4. The van der Waals surface area contributed by atoms with E-state index in [1.165, 1.54) is 0 Å². The molecule has 4 aromatic rings. The van der Waals surface area contributed by atoms with Gasteiger partial charge in [-0.25, -0.2) is 4.98 Å². The number of hydrogen-bond donors (Lipinski definition) is 3. The molecule has 0 spiro atoms. The van der Waals surface area contributed by atoms with E-state index in [1.807, 2.05) is 63.2 Å². The number of carbonyl (C=O) groups excluding carboxylic acids is 2. The van der Waals surface area contributed by atoms with Crippen molar-refractivity contribution in [3.8, 4) is 17.2 Å². The van der Waals surface area contributed by atoms with Gasteiger partial charge < -0.3 is 16.0 Å². The van der Waals surface area contributed by atoms with Crippen molar-refractivity contribution < 1.29 is 9.59 Å². The molecule has 0 atom stereocenters. The number of benzene rings is 3. The van der Waals surface area contributed by atoms with E-state index in [0.717, 1.165) is 39.1 Å². The SMILES string of the molecule is CC(C)(C)C(=O)NCc1ccc(-c2ccc(Cc3nc4cc(C#N)ccc4[nH]3)cc2)c(C(N)=O)c1. The first-order valence-electron chi connectivity index (χ1n) is 11.3. The number of nitrogens with one attached hydrogen (secondary N) is 2. The van der Waals surface area contributed by atoms with Gasteiger partial charge in [0.15, 0.2) is 0 Å². The Bertz CT molecular complexity index is 1450. The summed E-state index contributed by atoms with van der Waals surface area (Å²) in [5, 5.41) is 12.0. The lowest BCUT2D eigenvalue weighted by Gasteiger charge is -2.18. The quantitative estimate of drug-likeness (QED) is 0.389. The van der Waals surface area contributed by atoms with E-state index in [1.54, 1.807) is 18.2 Å². The Balaban J connectivity index is 1.52. The molecule has 35 heavy (non-hydrogen) atoms. The van der Waals surface area contributed by atoms with E-state index in [9.17, 15) is 9.59 Å². The molecule has 0 fully saturated rings. The lowest BCUT2D eigenvalue weighted by molar-refractivity contribution is -0.128. The Kier molecular flexibility index (Phi) is 6.39. The van der Waals surface area contributed by atoms with Gasteiger partial charge in [-0.2, -0.15) is 5.26 Å². The van der Waals surface area contributed by atoms with Gasteiger partial charge in [-0.15, -0.1) is 0 Å². The smallest absolute Gasteiger partial charge is 0.249 e. The normalized spacial score (nSPS) is 11.3. The molecule has 0 aliphatic rings. The van der Waals surface area contributed by atoms with Gasteiger partial charge in [0.2, 0.25) is 11.8 Å². The molecular weight excluding hydrogens is 438 g/mol. The van der Waals surface area contributed by atoms with Crippen LogP contribution in [-0.4, -0.2) is 21.8 Å². The van der Waals surface area contributed by atoms with Crippen molar-refractivity contribution in [1.82, 2.24) is 15.3 Å². The van der Waals surface area contributed by atoms with Crippen LogP contribution in [0.25, 0.3) is 22.2 Å². The van der Waals surface area contributed by atoms with Crippen LogP contribution in [-0.2, 0) is 17.8 Å². The zero-order valence-corrected chi connectivity index (χ0v) is 20.0. The molecule has 7 heteroatoms. The standard InChI is InChI=1S/C28H27N5O2/c1-28(2,3)27(35)31-16-19-6-10-21(22(12-19)26(30)34)20-8-4-17(5-9-20)14-25-32-23-11-7-18(15-29)13-24(23)33-25/h4-13H,14,16H2,1-3H3,(H2,30,34)(H,31,35)(H,32,33). The lowest BCUT2D eigenvalue weighted by atomic mass is 9.94. The molecule has 0 aliphatic carbocycles. The summed E-state index contributed by atoms with van der Waals surface area (Å²) in [5.74, 6) is 0.224. The van der Waals surface area contributed by atoms with Crippen LogP contribution in [0.1, 0.15) is 53.6 Å². The number of aromatic nitrogens is 2. The maximum atomic E-state index is 12.2. The highest BCUT2D eigenvalue weighted by atomic mass is 16.2.